The fraction of sp³-hybridized carbons (Fsp3) is 0.692. The Morgan fingerprint density at radius 1 is 1.09 bits per heavy atom. The molecule has 5 atom stereocenters. The number of carbonyl (C=O) groups excluding carboxylic acids is 4. The molecule has 0 radical (unpaired) electrons. The molecule has 2 aliphatic carbocycles. The third-order valence-corrected chi connectivity index (χ3v) is 6.56. The second-order valence-corrected chi connectivity index (χ2v) is 9.52. The fourth-order valence-corrected chi connectivity index (χ4v) is 4.91. The van der Waals surface area contributed by atoms with Crippen LogP contribution in [0, 0.1) is 23.7 Å². The standard InChI is InChI=1S/C26H39NO5/c1-4-5-8-11-18(28)14-15-20-19(21-16-22(20)25(31)26(32)24(21)30)12-9-6-7-10-13-23(29)27-17(2)3/h6,9,14-15,17-22,28H,4-5,7-8,10-13,16H2,1-3H3,(H,27,29)/t18?,19?,20?,21-,22-/m1/s1. The van der Waals surface area contributed by atoms with Crippen LogP contribution in [-0.2, 0) is 19.2 Å². The van der Waals surface area contributed by atoms with Crippen molar-refractivity contribution in [3.8, 4) is 0 Å². The second-order valence-electron chi connectivity index (χ2n) is 9.52. The van der Waals surface area contributed by atoms with Crippen molar-refractivity contribution in [3.05, 3.63) is 24.3 Å². The summed E-state index contributed by atoms with van der Waals surface area (Å²) >= 11 is 0. The van der Waals surface area contributed by atoms with E-state index in [1.165, 1.54) is 0 Å². The van der Waals surface area contributed by atoms with Crippen molar-refractivity contribution in [2.45, 2.75) is 90.7 Å². The highest BCUT2D eigenvalue weighted by atomic mass is 16.3. The van der Waals surface area contributed by atoms with Crippen molar-refractivity contribution in [2.75, 3.05) is 0 Å². The van der Waals surface area contributed by atoms with E-state index in [4.69, 9.17) is 0 Å². The fourth-order valence-electron chi connectivity index (χ4n) is 4.91. The lowest BCUT2D eigenvalue weighted by atomic mass is 9.83. The highest BCUT2D eigenvalue weighted by molar-refractivity contribution is 6.65. The number of hydrogen-bond donors (Lipinski definition) is 2. The molecular weight excluding hydrogens is 406 g/mol. The predicted octanol–water partition coefficient (Wildman–Crippen LogP) is 3.71. The van der Waals surface area contributed by atoms with E-state index in [9.17, 15) is 24.3 Å². The van der Waals surface area contributed by atoms with Gasteiger partial charge >= 0.3 is 0 Å². The molecule has 2 aliphatic rings. The molecule has 0 aromatic carbocycles. The number of amides is 1. The summed E-state index contributed by atoms with van der Waals surface area (Å²) in [6.07, 6.45) is 13.8. The normalized spacial score (nSPS) is 26.6. The minimum atomic E-state index is -0.851. The Morgan fingerprint density at radius 2 is 1.81 bits per heavy atom. The van der Waals surface area contributed by atoms with E-state index >= 15 is 0 Å². The molecule has 2 saturated carbocycles. The number of aliphatic hydroxyl groups is 1. The van der Waals surface area contributed by atoms with Gasteiger partial charge in [-0.15, -0.1) is 0 Å². The molecule has 178 valence electrons. The molecule has 3 unspecified atom stereocenters. The highest BCUT2D eigenvalue weighted by Crippen LogP contribution is 2.48. The summed E-state index contributed by atoms with van der Waals surface area (Å²) in [5.74, 6) is -3.11. The summed E-state index contributed by atoms with van der Waals surface area (Å²) in [6, 6.07) is 0.137. The highest BCUT2D eigenvalue weighted by Gasteiger charge is 2.55. The lowest BCUT2D eigenvalue weighted by Crippen LogP contribution is -2.38. The van der Waals surface area contributed by atoms with Crippen molar-refractivity contribution < 1.29 is 24.3 Å². The zero-order valence-electron chi connectivity index (χ0n) is 19.7. The molecule has 2 bridgehead atoms. The van der Waals surface area contributed by atoms with Crippen LogP contribution in [0.1, 0.15) is 78.6 Å². The van der Waals surface area contributed by atoms with Gasteiger partial charge in [-0.2, -0.15) is 0 Å². The third kappa shape index (κ3) is 7.22. The SMILES string of the molecule is CCCCCC(O)C=CC1C(CC=CCCCC(=O)NC(C)C)[C@H]2C[C@H]1C(=O)C(=O)C2=O. The number of aliphatic hydroxyl groups excluding tert-OH is 1. The number of unbranched alkanes of at least 4 members (excludes halogenated alkanes) is 3. The van der Waals surface area contributed by atoms with Crippen LogP contribution in [0.15, 0.2) is 24.3 Å². The molecule has 1 amide bonds. The van der Waals surface area contributed by atoms with E-state index in [1.54, 1.807) is 6.08 Å². The molecule has 2 rings (SSSR count). The average Bonchev–Trinajstić information content (AvgIpc) is 3.07. The topological polar surface area (TPSA) is 101 Å². The molecule has 0 aromatic heterocycles. The maximum atomic E-state index is 12.4. The summed E-state index contributed by atoms with van der Waals surface area (Å²) < 4.78 is 0. The molecule has 0 saturated heterocycles. The Morgan fingerprint density at radius 3 is 2.50 bits per heavy atom. The van der Waals surface area contributed by atoms with Crippen LogP contribution in [0.2, 0.25) is 0 Å². The van der Waals surface area contributed by atoms with Crippen molar-refractivity contribution in [3.63, 3.8) is 0 Å². The van der Waals surface area contributed by atoms with Gasteiger partial charge in [0.2, 0.25) is 17.5 Å². The molecule has 0 aliphatic heterocycles. The Hall–Kier alpha value is -2.08. The summed E-state index contributed by atoms with van der Waals surface area (Å²) in [6.45, 7) is 5.97. The molecule has 32 heavy (non-hydrogen) atoms. The van der Waals surface area contributed by atoms with Crippen LogP contribution >= 0.6 is 0 Å². The summed E-state index contributed by atoms with van der Waals surface area (Å²) in [7, 11) is 0. The van der Waals surface area contributed by atoms with Crippen LogP contribution in [0.5, 0.6) is 0 Å². The maximum absolute atomic E-state index is 12.4. The second kappa shape index (κ2) is 12.8. The van der Waals surface area contributed by atoms with Crippen LogP contribution in [0.25, 0.3) is 0 Å². The van der Waals surface area contributed by atoms with Gasteiger partial charge in [0.25, 0.3) is 5.78 Å². The molecule has 0 heterocycles. The quantitative estimate of drug-likeness (QED) is 0.256. The first kappa shape index (κ1) is 26.2. The van der Waals surface area contributed by atoms with Gasteiger partial charge < -0.3 is 10.4 Å². The van der Waals surface area contributed by atoms with Crippen molar-refractivity contribution in [1.29, 1.82) is 0 Å². The number of ketones is 3. The number of fused-ring (bicyclic) bond motifs is 2. The van der Waals surface area contributed by atoms with Gasteiger partial charge in [-0.1, -0.05) is 50.5 Å². The monoisotopic (exact) mass is 445 g/mol. The van der Waals surface area contributed by atoms with E-state index in [0.29, 0.717) is 25.7 Å². The first-order chi connectivity index (χ1) is 15.3. The van der Waals surface area contributed by atoms with Gasteiger partial charge in [0, 0.05) is 24.3 Å². The van der Waals surface area contributed by atoms with Gasteiger partial charge in [0.1, 0.15) is 0 Å². The number of carbonyl (C=O) groups is 4. The molecule has 6 nitrogen and oxygen atoms in total. The molecule has 0 aromatic rings. The summed E-state index contributed by atoms with van der Waals surface area (Å²) in [5, 5.41) is 13.1. The van der Waals surface area contributed by atoms with Crippen LogP contribution in [0.4, 0.5) is 0 Å². The van der Waals surface area contributed by atoms with Gasteiger partial charge in [-0.05, 0) is 57.8 Å². The van der Waals surface area contributed by atoms with Gasteiger partial charge in [0.05, 0.1) is 6.10 Å². The Kier molecular flexibility index (Phi) is 10.5. The van der Waals surface area contributed by atoms with Crippen LogP contribution < -0.4 is 5.32 Å². The smallest absolute Gasteiger partial charge is 0.264 e. The Labute approximate surface area is 191 Å². The number of Topliss-reactive ketones (excluding diaryl/α,β-unsaturated/α-hetero) is 3. The molecular formula is C26H39NO5. The Bertz CT molecular complexity index is 738. The average molecular weight is 446 g/mol. The lowest BCUT2D eigenvalue weighted by Gasteiger charge is -2.19. The van der Waals surface area contributed by atoms with E-state index in [1.807, 2.05) is 32.1 Å². The number of nitrogens with one attached hydrogen (secondary N) is 1. The first-order valence-electron chi connectivity index (χ1n) is 12.2. The van der Waals surface area contributed by atoms with Crippen molar-refractivity contribution in [2.24, 2.45) is 23.7 Å². The molecule has 2 fully saturated rings. The molecule has 6 heteroatoms. The van der Waals surface area contributed by atoms with Crippen molar-refractivity contribution >= 4 is 23.3 Å². The van der Waals surface area contributed by atoms with Gasteiger partial charge in [-0.3, -0.25) is 19.2 Å². The summed E-state index contributed by atoms with van der Waals surface area (Å²) in [4.78, 5) is 48.7. The van der Waals surface area contributed by atoms with Crippen LogP contribution in [-0.4, -0.2) is 40.5 Å². The van der Waals surface area contributed by atoms with Crippen molar-refractivity contribution in [1.82, 2.24) is 5.32 Å². The first-order valence-corrected chi connectivity index (χ1v) is 12.2. The van der Waals surface area contributed by atoms with Crippen LogP contribution in [0.3, 0.4) is 0 Å². The number of hydrogen-bond acceptors (Lipinski definition) is 5. The lowest BCUT2D eigenvalue weighted by molar-refractivity contribution is -0.149. The van der Waals surface area contributed by atoms with E-state index in [-0.39, 0.29) is 23.8 Å². The maximum Gasteiger partial charge on any atom is 0.264 e. The largest absolute Gasteiger partial charge is 0.389 e. The number of rotatable bonds is 13. The third-order valence-electron chi connectivity index (χ3n) is 6.56. The minimum Gasteiger partial charge on any atom is -0.389 e. The molecule has 2 N–H and O–H groups in total. The molecule has 0 spiro atoms. The Balaban J connectivity index is 1.97. The van der Waals surface area contributed by atoms with E-state index in [0.717, 1.165) is 32.1 Å². The van der Waals surface area contributed by atoms with Gasteiger partial charge in [0.15, 0.2) is 0 Å². The zero-order chi connectivity index (χ0) is 23.7. The zero-order valence-corrected chi connectivity index (χ0v) is 19.7. The van der Waals surface area contributed by atoms with E-state index < -0.39 is 35.3 Å². The summed E-state index contributed by atoms with van der Waals surface area (Å²) in [5.41, 5.74) is 0. The predicted molar refractivity (Wildman–Crippen MR) is 124 cm³/mol. The number of allylic oxidation sites excluding steroid dienone is 3. The minimum absolute atomic E-state index is 0.0447. The van der Waals surface area contributed by atoms with Gasteiger partial charge in [-0.25, -0.2) is 0 Å². The van der Waals surface area contributed by atoms with E-state index in [2.05, 4.69) is 12.2 Å².